The van der Waals surface area contributed by atoms with Crippen LogP contribution in [0.2, 0.25) is 0 Å². The molecule has 0 bridgehead atoms. The molecule has 0 amide bonds. The van der Waals surface area contributed by atoms with Crippen LogP contribution in [0, 0.1) is 11.2 Å². The van der Waals surface area contributed by atoms with E-state index in [2.05, 4.69) is 13.8 Å². The van der Waals surface area contributed by atoms with Crippen LogP contribution in [0.5, 0.6) is 0 Å². The average molecular weight is 334 g/mol. The van der Waals surface area contributed by atoms with Gasteiger partial charge in [0.25, 0.3) is 0 Å². The minimum Gasteiger partial charge on any atom is -0.207 e. The van der Waals surface area contributed by atoms with Gasteiger partial charge in [-0.3, -0.25) is 0 Å². The molecule has 0 unspecified atom stereocenters. The van der Waals surface area contributed by atoms with Gasteiger partial charge in [-0.15, -0.1) is 11.6 Å². The van der Waals surface area contributed by atoms with Gasteiger partial charge < -0.3 is 0 Å². The summed E-state index contributed by atoms with van der Waals surface area (Å²) >= 11 is 5.80. The van der Waals surface area contributed by atoms with Crippen LogP contribution in [0.1, 0.15) is 38.7 Å². The third-order valence-corrected chi connectivity index (χ3v) is 6.36. The lowest BCUT2D eigenvalue weighted by molar-refractivity contribution is 0.314. The Morgan fingerprint density at radius 1 is 1.29 bits per heavy atom. The van der Waals surface area contributed by atoms with Crippen molar-refractivity contribution in [3.05, 3.63) is 29.6 Å². The van der Waals surface area contributed by atoms with Crippen LogP contribution in [-0.4, -0.2) is 25.8 Å². The number of nitrogens with zero attached hydrogens (tertiary/aromatic N) is 1. The second kappa shape index (κ2) is 6.23. The molecule has 1 aromatic rings. The fourth-order valence-electron chi connectivity index (χ4n) is 2.66. The zero-order chi connectivity index (χ0) is 15.7. The van der Waals surface area contributed by atoms with Crippen molar-refractivity contribution in [2.75, 3.05) is 13.1 Å². The SMILES string of the molecule is CC1(C)CCCN(S(=O)(=O)c2cc(F)ccc2CCl)CC1. The van der Waals surface area contributed by atoms with Gasteiger partial charge in [0.05, 0.1) is 4.90 Å². The van der Waals surface area contributed by atoms with Gasteiger partial charge in [-0.1, -0.05) is 19.9 Å². The molecule has 0 radical (unpaired) electrons. The van der Waals surface area contributed by atoms with E-state index < -0.39 is 15.8 Å². The molecule has 6 heteroatoms. The van der Waals surface area contributed by atoms with E-state index in [4.69, 9.17) is 11.6 Å². The Kier molecular flexibility index (Phi) is 4.96. The van der Waals surface area contributed by atoms with Gasteiger partial charge in [0.2, 0.25) is 10.0 Å². The first-order valence-corrected chi connectivity index (χ1v) is 9.08. The third-order valence-electron chi connectivity index (χ3n) is 4.09. The predicted octanol–water partition coefficient (Wildman–Crippen LogP) is 3.77. The Labute approximate surface area is 131 Å². The van der Waals surface area contributed by atoms with Crippen molar-refractivity contribution in [1.29, 1.82) is 0 Å². The Hall–Kier alpha value is -0.650. The van der Waals surface area contributed by atoms with Gasteiger partial charge in [0.15, 0.2) is 0 Å². The minimum absolute atomic E-state index is 0.00259. The first kappa shape index (κ1) is 16.7. The molecule has 0 atom stereocenters. The van der Waals surface area contributed by atoms with Gasteiger partial charge in [-0.05, 0) is 42.4 Å². The summed E-state index contributed by atoms with van der Waals surface area (Å²) in [6, 6.07) is 3.75. The second-order valence-electron chi connectivity index (χ2n) is 6.31. The summed E-state index contributed by atoms with van der Waals surface area (Å²) in [7, 11) is -3.69. The van der Waals surface area contributed by atoms with Crippen LogP contribution in [0.4, 0.5) is 4.39 Å². The van der Waals surface area contributed by atoms with Crippen molar-refractivity contribution in [3.63, 3.8) is 0 Å². The van der Waals surface area contributed by atoms with Crippen molar-refractivity contribution >= 4 is 21.6 Å². The van der Waals surface area contributed by atoms with Crippen molar-refractivity contribution in [2.24, 2.45) is 5.41 Å². The molecule has 1 saturated heterocycles. The van der Waals surface area contributed by atoms with Crippen LogP contribution in [-0.2, 0) is 15.9 Å². The van der Waals surface area contributed by atoms with E-state index in [-0.39, 0.29) is 16.2 Å². The Bertz CT molecular complexity index is 616. The highest BCUT2D eigenvalue weighted by molar-refractivity contribution is 7.89. The van der Waals surface area contributed by atoms with Crippen molar-refractivity contribution < 1.29 is 12.8 Å². The summed E-state index contributed by atoms with van der Waals surface area (Å²) in [5, 5.41) is 0. The molecular weight excluding hydrogens is 313 g/mol. The molecule has 3 nitrogen and oxygen atoms in total. The molecule has 2 rings (SSSR count). The lowest BCUT2D eigenvalue weighted by Gasteiger charge is -2.23. The van der Waals surface area contributed by atoms with Crippen LogP contribution in [0.3, 0.4) is 0 Å². The summed E-state index contributed by atoms with van der Waals surface area (Å²) in [5.41, 5.74) is 0.586. The van der Waals surface area contributed by atoms with E-state index in [9.17, 15) is 12.8 Å². The van der Waals surface area contributed by atoms with E-state index in [1.165, 1.54) is 16.4 Å². The maximum atomic E-state index is 13.5. The predicted molar refractivity (Wildman–Crippen MR) is 82.3 cm³/mol. The highest BCUT2D eigenvalue weighted by Crippen LogP contribution is 2.32. The molecule has 1 aromatic carbocycles. The molecule has 1 aliphatic rings. The quantitative estimate of drug-likeness (QED) is 0.790. The molecule has 0 aliphatic carbocycles. The second-order valence-corrected chi connectivity index (χ2v) is 8.48. The number of benzene rings is 1. The number of hydrogen-bond donors (Lipinski definition) is 0. The summed E-state index contributed by atoms with van der Waals surface area (Å²) in [5.74, 6) is -0.508. The standard InChI is InChI=1S/C15H21ClFNO2S/c1-15(2)6-3-8-18(9-7-15)21(19,20)14-10-13(17)5-4-12(14)11-16/h4-5,10H,3,6-9,11H2,1-2H3. The maximum absolute atomic E-state index is 13.5. The first-order chi connectivity index (χ1) is 9.76. The smallest absolute Gasteiger partial charge is 0.207 e. The molecule has 0 N–H and O–H groups in total. The van der Waals surface area contributed by atoms with Crippen molar-refractivity contribution in [1.82, 2.24) is 4.31 Å². The van der Waals surface area contributed by atoms with Gasteiger partial charge in [0.1, 0.15) is 5.82 Å². The molecule has 1 aliphatic heterocycles. The van der Waals surface area contributed by atoms with E-state index in [1.807, 2.05) is 0 Å². The number of halogens is 2. The maximum Gasteiger partial charge on any atom is 0.243 e. The van der Waals surface area contributed by atoms with Crippen molar-refractivity contribution in [3.8, 4) is 0 Å². The summed E-state index contributed by atoms with van der Waals surface area (Å²) in [4.78, 5) is -0.00259. The fourth-order valence-corrected chi connectivity index (χ4v) is 4.68. The van der Waals surface area contributed by atoms with Gasteiger partial charge >= 0.3 is 0 Å². The molecule has 0 spiro atoms. The molecular formula is C15H21ClFNO2S. The normalized spacial score (nSPS) is 20.2. The van der Waals surface area contributed by atoms with E-state index >= 15 is 0 Å². The van der Waals surface area contributed by atoms with Crippen LogP contribution in [0.15, 0.2) is 23.1 Å². The molecule has 1 fully saturated rings. The van der Waals surface area contributed by atoms with Gasteiger partial charge in [-0.2, -0.15) is 4.31 Å². The van der Waals surface area contributed by atoms with Crippen LogP contribution in [0.25, 0.3) is 0 Å². The fraction of sp³-hybridized carbons (Fsp3) is 0.600. The third kappa shape index (κ3) is 3.76. The Balaban J connectivity index is 2.36. The lowest BCUT2D eigenvalue weighted by atomic mass is 9.85. The average Bonchev–Trinajstić information content (AvgIpc) is 2.60. The largest absolute Gasteiger partial charge is 0.243 e. The van der Waals surface area contributed by atoms with Gasteiger partial charge in [0, 0.05) is 19.0 Å². The number of rotatable bonds is 3. The number of hydrogen-bond acceptors (Lipinski definition) is 2. The molecule has 0 aromatic heterocycles. The zero-order valence-corrected chi connectivity index (χ0v) is 14.0. The summed E-state index contributed by atoms with van der Waals surface area (Å²) in [6.07, 6.45) is 2.61. The topological polar surface area (TPSA) is 37.4 Å². The van der Waals surface area contributed by atoms with E-state index in [0.29, 0.717) is 18.7 Å². The molecule has 118 valence electrons. The van der Waals surface area contributed by atoms with Crippen LogP contribution < -0.4 is 0 Å². The molecule has 1 heterocycles. The number of sulfonamides is 1. The van der Waals surface area contributed by atoms with Crippen LogP contribution >= 0.6 is 11.6 Å². The lowest BCUT2D eigenvalue weighted by Crippen LogP contribution is -2.33. The van der Waals surface area contributed by atoms with Gasteiger partial charge in [-0.25, -0.2) is 12.8 Å². The Morgan fingerprint density at radius 3 is 2.67 bits per heavy atom. The zero-order valence-electron chi connectivity index (χ0n) is 12.4. The first-order valence-electron chi connectivity index (χ1n) is 7.11. The van der Waals surface area contributed by atoms with E-state index in [0.717, 1.165) is 25.3 Å². The monoisotopic (exact) mass is 333 g/mol. The molecule has 21 heavy (non-hydrogen) atoms. The number of alkyl halides is 1. The van der Waals surface area contributed by atoms with Crippen molar-refractivity contribution in [2.45, 2.75) is 43.9 Å². The summed E-state index contributed by atoms with van der Waals surface area (Å²) in [6.45, 7) is 5.24. The summed E-state index contributed by atoms with van der Waals surface area (Å²) < 4.78 is 40.5. The highest BCUT2D eigenvalue weighted by Gasteiger charge is 2.31. The van der Waals surface area contributed by atoms with E-state index in [1.54, 1.807) is 0 Å². The highest BCUT2D eigenvalue weighted by atomic mass is 35.5. The Morgan fingerprint density at radius 2 is 2.00 bits per heavy atom. The minimum atomic E-state index is -3.69. The molecule has 0 saturated carbocycles.